The number of benzene rings is 1. The number of carbonyl (C=O) groups excluding carboxylic acids is 1. The molecule has 0 aliphatic carbocycles. The topological polar surface area (TPSA) is 47.6 Å². The van der Waals surface area contributed by atoms with E-state index in [4.69, 9.17) is 32.7 Å². The van der Waals surface area contributed by atoms with Crippen LogP contribution in [-0.4, -0.2) is 24.8 Å². The molecule has 1 amide bonds. The first-order valence-corrected chi connectivity index (χ1v) is 6.94. The minimum atomic E-state index is -1.13. The van der Waals surface area contributed by atoms with E-state index in [1.165, 1.54) is 7.11 Å². The van der Waals surface area contributed by atoms with Crippen LogP contribution >= 0.6 is 23.2 Å². The molecule has 1 rings (SSSR count). The lowest BCUT2D eigenvalue weighted by Gasteiger charge is -2.24. The quantitative estimate of drug-likeness (QED) is 0.666. The lowest BCUT2D eigenvalue weighted by atomic mass is 10.1. The van der Waals surface area contributed by atoms with Crippen LogP contribution in [-0.2, 0) is 9.53 Å². The maximum atomic E-state index is 12.1. The Morgan fingerprint density at radius 2 is 1.86 bits per heavy atom. The molecule has 0 fully saturated rings. The van der Waals surface area contributed by atoms with Crippen LogP contribution in [0.25, 0.3) is 0 Å². The van der Waals surface area contributed by atoms with E-state index in [9.17, 15) is 4.79 Å². The number of amides is 1. The summed E-state index contributed by atoms with van der Waals surface area (Å²) in [5.41, 5.74) is -0.683. The van der Waals surface area contributed by atoms with Gasteiger partial charge in [0.25, 0.3) is 12.2 Å². The SMILES string of the molecule is CC#CC(C)(C)NC(=O)C(OC)Oc1cc(Cl)cc(Cl)c1. The maximum Gasteiger partial charge on any atom is 0.290 e. The molecule has 1 aromatic carbocycles. The van der Waals surface area contributed by atoms with Gasteiger partial charge in [0.2, 0.25) is 0 Å². The molecule has 114 valence electrons. The van der Waals surface area contributed by atoms with Crippen molar-refractivity contribution in [2.24, 2.45) is 0 Å². The standard InChI is InChI=1S/C15H17Cl2NO3/c1-5-6-15(2,3)18-13(19)14(20-4)21-12-8-10(16)7-11(17)9-12/h7-9,14H,1-4H3,(H,18,19). The first kappa shape index (κ1) is 17.6. The Morgan fingerprint density at radius 3 is 2.33 bits per heavy atom. The van der Waals surface area contributed by atoms with Gasteiger partial charge in [0, 0.05) is 17.2 Å². The lowest BCUT2D eigenvalue weighted by Crippen LogP contribution is -2.49. The second-order valence-corrected chi connectivity index (χ2v) is 5.65. The minimum absolute atomic E-state index is 0.342. The smallest absolute Gasteiger partial charge is 0.290 e. The van der Waals surface area contributed by atoms with Crippen molar-refractivity contribution in [3.05, 3.63) is 28.2 Å². The van der Waals surface area contributed by atoms with Crippen LogP contribution in [0.3, 0.4) is 0 Å². The third kappa shape index (κ3) is 5.84. The summed E-state index contributed by atoms with van der Waals surface area (Å²) in [6.45, 7) is 5.26. The molecule has 0 bridgehead atoms. The van der Waals surface area contributed by atoms with E-state index in [2.05, 4.69) is 17.2 Å². The molecule has 0 radical (unpaired) electrons. The minimum Gasteiger partial charge on any atom is -0.455 e. The van der Waals surface area contributed by atoms with Gasteiger partial charge in [-0.3, -0.25) is 4.79 Å². The van der Waals surface area contributed by atoms with Gasteiger partial charge in [-0.2, -0.15) is 0 Å². The molecule has 0 aromatic heterocycles. The molecule has 6 heteroatoms. The van der Waals surface area contributed by atoms with E-state index in [1.54, 1.807) is 39.0 Å². The van der Waals surface area contributed by atoms with Gasteiger partial charge >= 0.3 is 0 Å². The van der Waals surface area contributed by atoms with Crippen LogP contribution in [0.1, 0.15) is 20.8 Å². The van der Waals surface area contributed by atoms with E-state index in [1.807, 2.05) is 0 Å². The summed E-state index contributed by atoms with van der Waals surface area (Å²) >= 11 is 11.8. The van der Waals surface area contributed by atoms with Crippen LogP contribution < -0.4 is 10.1 Å². The van der Waals surface area contributed by atoms with Crippen molar-refractivity contribution in [2.75, 3.05) is 7.11 Å². The Morgan fingerprint density at radius 1 is 1.29 bits per heavy atom. The molecule has 1 unspecified atom stereocenters. The zero-order valence-corrected chi connectivity index (χ0v) is 13.8. The van der Waals surface area contributed by atoms with Crippen LogP contribution in [0, 0.1) is 11.8 Å². The highest BCUT2D eigenvalue weighted by molar-refractivity contribution is 6.34. The molecular weight excluding hydrogens is 313 g/mol. The van der Waals surface area contributed by atoms with Gasteiger partial charge in [0.1, 0.15) is 5.75 Å². The van der Waals surface area contributed by atoms with Gasteiger partial charge in [0.15, 0.2) is 0 Å². The van der Waals surface area contributed by atoms with Crippen molar-refractivity contribution in [3.8, 4) is 17.6 Å². The Hall–Kier alpha value is -1.41. The van der Waals surface area contributed by atoms with Crippen LogP contribution in [0.2, 0.25) is 10.0 Å². The fourth-order valence-corrected chi connectivity index (χ4v) is 2.15. The van der Waals surface area contributed by atoms with Gasteiger partial charge in [-0.1, -0.05) is 29.1 Å². The molecular formula is C15H17Cl2NO3. The number of halogens is 2. The zero-order valence-electron chi connectivity index (χ0n) is 12.3. The highest BCUT2D eigenvalue weighted by atomic mass is 35.5. The first-order chi connectivity index (χ1) is 9.77. The van der Waals surface area contributed by atoms with E-state index in [0.29, 0.717) is 15.8 Å². The van der Waals surface area contributed by atoms with Gasteiger partial charge in [0.05, 0.1) is 5.54 Å². The fraction of sp³-hybridized carbons (Fsp3) is 0.400. The van der Waals surface area contributed by atoms with Gasteiger partial charge in [-0.05, 0) is 39.0 Å². The van der Waals surface area contributed by atoms with Crippen molar-refractivity contribution >= 4 is 29.1 Å². The van der Waals surface area contributed by atoms with E-state index < -0.39 is 17.7 Å². The number of methoxy groups -OCH3 is 1. The number of rotatable bonds is 5. The molecule has 0 aliphatic rings. The number of nitrogens with one attached hydrogen (secondary N) is 1. The zero-order chi connectivity index (χ0) is 16.0. The highest BCUT2D eigenvalue weighted by Crippen LogP contribution is 2.25. The molecule has 1 atom stereocenters. The Labute approximate surface area is 134 Å². The van der Waals surface area contributed by atoms with Crippen molar-refractivity contribution in [2.45, 2.75) is 32.6 Å². The lowest BCUT2D eigenvalue weighted by molar-refractivity contribution is -0.149. The predicted molar refractivity (Wildman–Crippen MR) is 83.6 cm³/mol. The second kappa shape index (κ2) is 7.56. The Kier molecular flexibility index (Phi) is 6.35. The highest BCUT2D eigenvalue weighted by Gasteiger charge is 2.26. The summed E-state index contributed by atoms with van der Waals surface area (Å²) < 4.78 is 10.5. The van der Waals surface area contributed by atoms with Gasteiger partial charge < -0.3 is 14.8 Å². The molecule has 0 aliphatic heterocycles. The average molecular weight is 330 g/mol. The summed E-state index contributed by atoms with van der Waals surface area (Å²) in [5, 5.41) is 3.54. The van der Waals surface area contributed by atoms with E-state index in [0.717, 1.165) is 0 Å². The summed E-state index contributed by atoms with van der Waals surface area (Å²) in [6.07, 6.45) is -1.13. The molecule has 0 spiro atoms. The molecule has 1 N–H and O–H groups in total. The van der Waals surface area contributed by atoms with Gasteiger partial charge in [-0.15, -0.1) is 5.92 Å². The molecule has 0 heterocycles. The van der Waals surface area contributed by atoms with Crippen LogP contribution in [0.4, 0.5) is 0 Å². The van der Waals surface area contributed by atoms with E-state index in [-0.39, 0.29) is 0 Å². The van der Waals surface area contributed by atoms with E-state index >= 15 is 0 Å². The van der Waals surface area contributed by atoms with Gasteiger partial charge in [-0.25, -0.2) is 0 Å². The van der Waals surface area contributed by atoms with Crippen LogP contribution in [0.5, 0.6) is 5.75 Å². The molecule has 0 saturated carbocycles. The monoisotopic (exact) mass is 329 g/mol. The third-order valence-electron chi connectivity index (χ3n) is 2.38. The molecule has 0 saturated heterocycles. The molecule has 21 heavy (non-hydrogen) atoms. The maximum absolute atomic E-state index is 12.1. The van der Waals surface area contributed by atoms with Crippen molar-refractivity contribution in [1.82, 2.24) is 5.32 Å². The van der Waals surface area contributed by atoms with Crippen LogP contribution in [0.15, 0.2) is 18.2 Å². The molecule has 4 nitrogen and oxygen atoms in total. The molecule has 1 aromatic rings. The van der Waals surface area contributed by atoms with Crippen molar-refractivity contribution in [3.63, 3.8) is 0 Å². The Balaban J connectivity index is 2.82. The number of hydrogen-bond acceptors (Lipinski definition) is 3. The summed E-state index contributed by atoms with van der Waals surface area (Å²) in [7, 11) is 1.37. The van der Waals surface area contributed by atoms with Crippen molar-refractivity contribution in [1.29, 1.82) is 0 Å². The second-order valence-electron chi connectivity index (χ2n) is 4.78. The van der Waals surface area contributed by atoms with Crippen molar-refractivity contribution < 1.29 is 14.3 Å². The third-order valence-corrected chi connectivity index (χ3v) is 2.82. The summed E-state index contributed by atoms with van der Waals surface area (Å²) in [6, 6.07) is 4.66. The predicted octanol–water partition coefficient (Wildman–Crippen LogP) is 3.26. The fourth-order valence-electron chi connectivity index (χ4n) is 1.64. The first-order valence-electron chi connectivity index (χ1n) is 6.19. The average Bonchev–Trinajstić information content (AvgIpc) is 2.33. The summed E-state index contributed by atoms with van der Waals surface area (Å²) in [5.74, 6) is 5.53. The normalized spacial score (nSPS) is 12.1. The number of ether oxygens (including phenoxy) is 2. The summed E-state index contributed by atoms with van der Waals surface area (Å²) in [4.78, 5) is 12.1. The largest absolute Gasteiger partial charge is 0.455 e. The Bertz CT molecular complexity index is 556. The number of hydrogen-bond donors (Lipinski definition) is 1. The number of carbonyl (C=O) groups is 1.